The van der Waals surface area contributed by atoms with Crippen LogP contribution in [0.15, 0.2) is 42.7 Å². The highest BCUT2D eigenvalue weighted by molar-refractivity contribution is 7.86. The molecule has 5 rings (SSSR count). The van der Waals surface area contributed by atoms with E-state index < -0.39 is 21.5 Å². The highest BCUT2D eigenvalue weighted by atomic mass is 32.2. The Labute approximate surface area is 194 Å². The number of aromatic nitrogens is 1. The summed E-state index contributed by atoms with van der Waals surface area (Å²) >= 11 is 0. The van der Waals surface area contributed by atoms with Gasteiger partial charge in [0.05, 0.1) is 12.2 Å². The molecule has 3 aliphatic carbocycles. The van der Waals surface area contributed by atoms with Gasteiger partial charge in [-0.25, -0.2) is 0 Å². The summed E-state index contributed by atoms with van der Waals surface area (Å²) in [5, 5.41) is 0. The summed E-state index contributed by atoms with van der Waals surface area (Å²) in [5.41, 5.74) is 2.79. The monoisotopic (exact) mass is 467 g/mol. The minimum atomic E-state index is -3.57. The smallest absolute Gasteiger partial charge is 0.306 e. The first-order valence-electron chi connectivity index (χ1n) is 11.6. The van der Waals surface area contributed by atoms with Crippen molar-refractivity contribution in [1.29, 1.82) is 0 Å². The molecule has 6 nitrogen and oxygen atoms in total. The molecule has 2 fully saturated rings. The summed E-state index contributed by atoms with van der Waals surface area (Å²) in [7, 11) is -3.57. The van der Waals surface area contributed by atoms with Crippen LogP contribution >= 0.6 is 0 Å². The molecule has 0 amide bonds. The molecule has 4 unspecified atom stereocenters. The van der Waals surface area contributed by atoms with Gasteiger partial charge in [-0.15, -0.1) is 0 Å². The zero-order chi connectivity index (χ0) is 23.4. The zero-order valence-corrected chi connectivity index (χ0v) is 19.8. The van der Waals surface area contributed by atoms with Gasteiger partial charge in [-0.2, -0.15) is 8.42 Å². The number of rotatable bonds is 4. The predicted octanol–water partition coefficient (Wildman–Crippen LogP) is 3.88. The number of hydrogen-bond acceptors (Lipinski definition) is 6. The lowest BCUT2D eigenvalue weighted by atomic mass is 9.48. The molecule has 0 radical (unpaired) electrons. The topological polar surface area (TPSA) is 90.4 Å². The Kier molecular flexibility index (Phi) is 5.43. The Hall–Kier alpha value is -2.54. The molecule has 174 valence electrons. The van der Waals surface area contributed by atoms with Gasteiger partial charge in [0.1, 0.15) is 17.3 Å². The van der Waals surface area contributed by atoms with E-state index in [4.69, 9.17) is 4.18 Å². The molecule has 0 bridgehead atoms. The third-order valence-electron chi connectivity index (χ3n) is 8.19. The summed E-state index contributed by atoms with van der Waals surface area (Å²) in [6.45, 7) is 2.08. The molecule has 0 aliphatic heterocycles. The van der Waals surface area contributed by atoms with Crippen LogP contribution in [0.4, 0.5) is 0 Å². The Morgan fingerprint density at radius 1 is 1.18 bits per heavy atom. The van der Waals surface area contributed by atoms with E-state index in [2.05, 4.69) is 11.9 Å². The molecule has 0 saturated heterocycles. The van der Waals surface area contributed by atoms with Gasteiger partial charge in [-0.05, 0) is 84.7 Å². The lowest BCUT2D eigenvalue weighted by Crippen LogP contribution is -2.55. The molecule has 1 heterocycles. The molecular weight excluding hydrogens is 438 g/mol. The summed E-state index contributed by atoms with van der Waals surface area (Å²) in [4.78, 5) is 31.0. The Morgan fingerprint density at radius 2 is 2.00 bits per heavy atom. The largest absolute Gasteiger partial charge is 0.383 e. The number of hydrogen-bond donors (Lipinski definition) is 0. The molecule has 0 spiro atoms. The van der Waals surface area contributed by atoms with Crippen molar-refractivity contribution in [2.45, 2.75) is 51.4 Å². The number of fused-ring (bicyclic) bond motifs is 5. The Bertz CT molecular complexity index is 1210. The van der Waals surface area contributed by atoms with E-state index >= 15 is 0 Å². The number of carbonyl (C=O) groups is 2. The van der Waals surface area contributed by atoms with Gasteiger partial charge in [-0.1, -0.05) is 19.1 Å². The first-order valence-corrected chi connectivity index (χ1v) is 13.5. The number of nitrogens with zero attached hydrogens (tertiary/aromatic N) is 1. The first kappa shape index (κ1) is 22.3. The Balaban J connectivity index is 1.40. The summed E-state index contributed by atoms with van der Waals surface area (Å²) < 4.78 is 28.1. The maximum Gasteiger partial charge on any atom is 0.306 e. The molecule has 2 saturated carbocycles. The second kappa shape index (κ2) is 8.05. The van der Waals surface area contributed by atoms with Crippen molar-refractivity contribution in [2.75, 3.05) is 6.26 Å². The third kappa shape index (κ3) is 4.01. The second-order valence-corrected chi connectivity index (χ2v) is 11.7. The summed E-state index contributed by atoms with van der Waals surface area (Å²) in [5.74, 6) is 0.569. The minimum Gasteiger partial charge on any atom is -0.383 e. The van der Waals surface area contributed by atoms with Crippen LogP contribution in [-0.4, -0.2) is 31.2 Å². The van der Waals surface area contributed by atoms with Crippen molar-refractivity contribution in [2.24, 2.45) is 23.2 Å². The van der Waals surface area contributed by atoms with Gasteiger partial charge in [-0.3, -0.25) is 14.6 Å². The number of benzene rings is 1. The van der Waals surface area contributed by atoms with E-state index in [1.165, 1.54) is 5.56 Å². The standard InChI is InChI=1S/C26H29NO5S/c1-26-10-9-20-19-8-6-18(32-33(2,30)31)13-17(19)5-7-21(20)23(26)14-24(28)22(25(26)29)12-16-4-3-11-27-15-16/h3-4,6,8,11,13,15,20-23H,5,7,9-10,12,14H2,1-2H3/t20?,21?,22?,23?,26-/m0/s1. The lowest BCUT2D eigenvalue weighted by Gasteiger charge is -2.54. The second-order valence-electron chi connectivity index (χ2n) is 10.2. The van der Waals surface area contributed by atoms with E-state index in [9.17, 15) is 18.0 Å². The Morgan fingerprint density at radius 3 is 2.73 bits per heavy atom. The molecule has 5 atom stereocenters. The average Bonchev–Trinajstić information content (AvgIpc) is 2.77. The van der Waals surface area contributed by atoms with E-state index in [0.29, 0.717) is 18.6 Å². The van der Waals surface area contributed by atoms with Gasteiger partial charge in [0.15, 0.2) is 0 Å². The summed E-state index contributed by atoms with van der Waals surface area (Å²) in [6.07, 6.45) is 8.75. The van der Waals surface area contributed by atoms with E-state index in [0.717, 1.165) is 43.1 Å². The lowest BCUT2D eigenvalue weighted by molar-refractivity contribution is -0.153. The van der Waals surface area contributed by atoms with Crippen LogP contribution in [0.2, 0.25) is 0 Å². The fourth-order valence-electron chi connectivity index (χ4n) is 6.65. The fourth-order valence-corrected chi connectivity index (χ4v) is 7.11. The highest BCUT2D eigenvalue weighted by Gasteiger charge is 2.57. The van der Waals surface area contributed by atoms with Gasteiger partial charge in [0.25, 0.3) is 0 Å². The molecule has 1 aromatic carbocycles. The first-order chi connectivity index (χ1) is 15.7. The molecule has 33 heavy (non-hydrogen) atoms. The molecule has 7 heteroatoms. The normalized spacial score (nSPS) is 31.3. The van der Waals surface area contributed by atoms with Crippen LogP contribution in [0.5, 0.6) is 5.75 Å². The maximum atomic E-state index is 13.7. The number of Topliss-reactive ketones (excluding diaryl/α,β-unsaturated/α-hetero) is 2. The average molecular weight is 468 g/mol. The number of ketones is 2. The SMILES string of the molecule is C[C@]12CCC3c4ccc(OS(C)(=O)=O)cc4CCC3C1CC(=O)C(Cc1cccnc1)C2=O. The van der Waals surface area contributed by atoms with Crippen molar-refractivity contribution >= 4 is 21.7 Å². The summed E-state index contributed by atoms with van der Waals surface area (Å²) in [6, 6.07) is 9.30. The van der Waals surface area contributed by atoms with Crippen molar-refractivity contribution in [3.8, 4) is 5.75 Å². The predicted molar refractivity (Wildman–Crippen MR) is 123 cm³/mol. The fraction of sp³-hybridized carbons (Fsp3) is 0.500. The van der Waals surface area contributed by atoms with Crippen LogP contribution in [0.25, 0.3) is 0 Å². The maximum absolute atomic E-state index is 13.7. The molecule has 1 aromatic heterocycles. The number of aryl methyl sites for hydroxylation is 1. The number of pyridine rings is 1. The van der Waals surface area contributed by atoms with Crippen molar-refractivity contribution in [3.05, 3.63) is 59.4 Å². The molecule has 0 N–H and O–H groups in total. The van der Waals surface area contributed by atoms with Crippen LogP contribution in [0.3, 0.4) is 0 Å². The third-order valence-corrected chi connectivity index (χ3v) is 8.68. The van der Waals surface area contributed by atoms with Gasteiger partial charge >= 0.3 is 10.1 Å². The molecular formula is C26H29NO5S. The van der Waals surface area contributed by atoms with Crippen LogP contribution in [0, 0.1) is 23.2 Å². The van der Waals surface area contributed by atoms with Crippen LogP contribution in [0.1, 0.15) is 55.2 Å². The quantitative estimate of drug-likeness (QED) is 0.501. The van der Waals surface area contributed by atoms with E-state index in [1.54, 1.807) is 18.5 Å². The van der Waals surface area contributed by atoms with Crippen molar-refractivity contribution in [3.63, 3.8) is 0 Å². The van der Waals surface area contributed by atoms with Crippen LogP contribution in [-0.2, 0) is 32.5 Å². The van der Waals surface area contributed by atoms with Gasteiger partial charge in [0.2, 0.25) is 0 Å². The molecule has 2 aromatic rings. The highest BCUT2D eigenvalue weighted by Crippen LogP contribution is 2.59. The van der Waals surface area contributed by atoms with E-state index in [1.807, 2.05) is 24.3 Å². The van der Waals surface area contributed by atoms with Crippen molar-refractivity contribution in [1.82, 2.24) is 4.98 Å². The van der Waals surface area contributed by atoms with Gasteiger partial charge < -0.3 is 4.18 Å². The molecule has 3 aliphatic rings. The van der Waals surface area contributed by atoms with Gasteiger partial charge in [0, 0.05) is 24.2 Å². The zero-order valence-electron chi connectivity index (χ0n) is 19.0. The minimum absolute atomic E-state index is 0.0569. The number of carbonyl (C=O) groups excluding carboxylic acids is 2. The van der Waals surface area contributed by atoms with Crippen LogP contribution < -0.4 is 4.18 Å². The van der Waals surface area contributed by atoms with E-state index in [-0.39, 0.29) is 29.3 Å². The van der Waals surface area contributed by atoms with Crippen molar-refractivity contribution < 1.29 is 22.2 Å².